The third-order valence-electron chi connectivity index (χ3n) is 4.07. The molecule has 136 valence electrons. The van der Waals surface area contributed by atoms with Crippen LogP contribution in [0.4, 0.5) is 11.4 Å². The van der Waals surface area contributed by atoms with E-state index in [-0.39, 0.29) is 12.5 Å². The van der Waals surface area contributed by atoms with Crippen molar-refractivity contribution in [3.8, 4) is 6.07 Å². The first-order chi connectivity index (χ1) is 13.0. The van der Waals surface area contributed by atoms with E-state index in [0.29, 0.717) is 39.2 Å². The molecular weight excluding hydrogens is 383 g/mol. The predicted octanol–water partition coefficient (Wildman–Crippen LogP) is 4.48. The van der Waals surface area contributed by atoms with E-state index in [1.54, 1.807) is 47.0 Å². The summed E-state index contributed by atoms with van der Waals surface area (Å²) in [5, 5.41) is 13.4. The Morgan fingerprint density at radius 3 is 2.26 bits per heavy atom. The summed E-state index contributed by atoms with van der Waals surface area (Å²) < 4.78 is 1.63. The first kappa shape index (κ1) is 18.8. The maximum atomic E-state index is 12.5. The van der Waals surface area contributed by atoms with Gasteiger partial charge in [0.1, 0.15) is 18.3 Å². The molecule has 2 aromatic carbocycles. The number of hydrogen-bond acceptors (Lipinski definition) is 3. The van der Waals surface area contributed by atoms with Crippen LogP contribution in [0.3, 0.4) is 0 Å². The molecule has 27 heavy (non-hydrogen) atoms. The second-order valence-electron chi connectivity index (χ2n) is 5.99. The highest BCUT2D eigenvalue weighted by Crippen LogP contribution is 2.23. The van der Waals surface area contributed by atoms with E-state index in [1.165, 1.54) is 0 Å². The molecule has 0 radical (unpaired) electrons. The Balaban J connectivity index is 1.83. The molecule has 5 nitrogen and oxygen atoms in total. The third-order valence-corrected chi connectivity index (χ3v) is 4.58. The van der Waals surface area contributed by atoms with Gasteiger partial charge in [0.2, 0.25) is 5.91 Å². The minimum Gasteiger partial charge on any atom is -0.397 e. The molecule has 0 aliphatic carbocycles. The van der Waals surface area contributed by atoms with Crippen molar-refractivity contribution in [2.45, 2.75) is 13.0 Å². The van der Waals surface area contributed by atoms with Crippen LogP contribution in [0.25, 0.3) is 0 Å². The second-order valence-corrected chi connectivity index (χ2v) is 6.86. The van der Waals surface area contributed by atoms with Crippen LogP contribution in [0, 0.1) is 11.3 Å². The van der Waals surface area contributed by atoms with Crippen LogP contribution >= 0.6 is 23.2 Å². The van der Waals surface area contributed by atoms with Gasteiger partial charge in [-0.25, -0.2) is 0 Å². The van der Waals surface area contributed by atoms with Gasteiger partial charge in [-0.3, -0.25) is 4.79 Å². The quantitative estimate of drug-likeness (QED) is 0.664. The molecule has 1 aromatic heterocycles. The monoisotopic (exact) mass is 398 g/mol. The van der Waals surface area contributed by atoms with Crippen LogP contribution in [0.15, 0.2) is 54.6 Å². The number of carbonyl (C=O) groups excluding carboxylic acids is 1. The van der Waals surface area contributed by atoms with Crippen LogP contribution in [-0.4, -0.2) is 10.5 Å². The second kappa shape index (κ2) is 8.17. The van der Waals surface area contributed by atoms with Gasteiger partial charge in [-0.2, -0.15) is 5.26 Å². The van der Waals surface area contributed by atoms with Gasteiger partial charge in [-0.05, 0) is 48.0 Å². The minimum atomic E-state index is -0.262. The lowest BCUT2D eigenvalue weighted by atomic mass is 10.1. The molecule has 0 spiro atoms. The van der Waals surface area contributed by atoms with Crippen molar-refractivity contribution in [1.82, 2.24) is 4.57 Å². The topological polar surface area (TPSA) is 83.8 Å². The van der Waals surface area contributed by atoms with E-state index in [2.05, 4.69) is 11.4 Å². The zero-order valence-electron chi connectivity index (χ0n) is 14.2. The molecule has 0 unspecified atom stereocenters. The molecule has 0 aliphatic heterocycles. The molecule has 1 amide bonds. The fourth-order valence-electron chi connectivity index (χ4n) is 2.75. The van der Waals surface area contributed by atoms with E-state index < -0.39 is 0 Å². The third kappa shape index (κ3) is 4.62. The average molecular weight is 399 g/mol. The summed E-state index contributed by atoms with van der Waals surface area (Å²) in [5.41, 5.74) is 9.22. The molecule has 0 saturated carbocycles. The van der Waals surface area contributed by atoms with Gasteiger partial charge in [-0.15, -0.1) is 0 Å². The fourth-order valence-corrected chi connectivity index (χ4v) is 3.01. The molecule has 3 N–H and O–H groups in total. The first-order valence-corrected chi connectivity index (χ1v) is 8.89. The number of nitrogens with two attached hydrogens (primary N) is 1. The van der Waals surface area contributed by atoms with Crippen molar-refractivity contribution in [3.63, 3.8) is 0 Å². The van der Waals surface area contributed by atoms with Gasteiger partial charge >= 0.3 is 0 Å². The predicted molar refractivity (Wildman–Crippen MR) is 108 cm³/mol. The number of nitrogens with one attached hydrogen (secondary N) is 1. The summed E-state index contributed by atoms with van der Waals surface area (Å²) in [6.07, 6.45) is 0.485. The van der Waals surface area contributed by atoms with Gasteiger partial charge in [0.05, 0.1) is 5.69 Å². The standard InChI is InChI=1S/C20H16Cl2N4O/c21-14-3-1-13(2-4-14)9-19-18(24)10-17(11-23)26(19)12-20(27)25-16-7-5-15(22)6-8-16/h1-8,10H,9,12,24H2,(H,25,27). The average Bonchev–Trinajstić information content (AvgIpc) is 2.94. The van der Waals surface area contributed by atoms with Crippen LogP contribution in [0.2, 0.25) is 10.0 Å². The Labute approximate surface area is 166 Å². The number of amides is 1. The van der Waals surface area contributed by atoms with Crippen LogP contribution in [0.1, 0.15) is 17.0 Å². The molecule has 0 bridgehead atoms. The van der Waals surface area contributed by atoms with E-state index in [0.717, 1.165) is 5.56 Å². The molecule has 3 rings (SSSR count). The normalized spacial score (nSPS) is 10.4. The molecular formula is C20H16Cl2N4O. The Morgan fingerprint density at radius 2 is 1.67 bits per heavy atom. The number of rotatable bonds is 5. The Hall–Kier alpha value is -2.94. The smallest absolute Gasteiger partial charge is 0.244 e. The van der Waals surface area contributed by atoms with Gasteiger partial charge in [0.15, 0.2) is 0 Å². The number of nitrogen functional groups attached to an aromatic ring is 1. The number of halogens is 2. The van der Waals surface area contributed by atoms with E-state index in [4.69, 9.17) is 28.9 Å². The highest BCUT2D eigenvalue weighted by Gasteiger charge is 2.16. The van der Waals surface area contributed by atoms with Gasteiger partial charge in [0.25, 0.3) is 0 Å². The Kier molecular flexibility index (Phi) is 5.70. The molecule has 0 fully saturated rings. The van der Waals surface area contributed by atoms with Gasteiger partial charge in [0, 0.05) is 27.8 Å². The zero-order valence-corrected chi connectivity index (χ0v) is 15.8. The van der Waals surface area contributed by atoms with Crippen molar-refractivity contribution >= 4 is 40.5 Å². The number of nitrogens with zero attached hydrogens (tertiary/aromatic N) is 2. The van der Waals surface area contributed by atoms with Crippen LogP contribution < -0.4 is 11.1 Å². The van der Waals surface area contributed by atoms with Crippen molar-refractivity contribution in [1.29, 1.82) is 5.26 Å². The molecule has 0 saturated heterocycles. The Bertz CT molecular complexity index is 1000. The largest absolute Gasteiger partial charge is 0.397 e. The SMILES string of the molecule is N#Cc1cc(N)c(Cc2ccc(Cl)cc2)n1CC(=O)Nc1ccc(Cl)cc1. The summed E-state index contributed by atoms with van der Waals surface area (Å²) in [5.74, 6) is -0.262. The van der Waals surface area contributed by atoms with Crippen molar-refractivity contribution < 1.29 is 4.79 Å². The lowest BCUT2D eigenvalue weighted by molar-refractivity contribution is -0.116. The lowest BCUT2D eigenvalue weighted by Gasteiger charge is -2.12. The van der Waals surface area contributed by atoms with Crippen molar-refractivity contribution in [2.24, 2.45) is 0 Å². The highest BCUT2D eigenvalue weighted by molar-refractivity contribution is 6.30. The van der Waals surface area contributed by atoms with E-state index in [1.807, 2.05) is 12.1 Å². The highest BCUT2D eigenvalue weighted by atomic mass is 35.5. The summed E-state index contributed by atoms with van der Waals surface area (Å²) in [6, 6.07) is 17.8. The molecule has 0 aliphatic rings. The van der Waals surface area contributed by atoms with Crippen molar-refractivity contribution in [3.05, 3.63) is 81.6 Å². The maximum absolute atomic E-state index is 12.5. The number of hydrogen-bond donors (Lipinski definition) is 2. The van der Waals surface area contributed by atoms with E-state index in [9.17, 15) is 10.1 Å². The lowest BCUT2D eigenvalue weighted by Crippen LogP contribution is -2.21. The summed E-state index contributed by atoms with van der Waals surface area (Å²) in [7, 11) is 0. The number of nitriles is 1. The molecule has 1 heterocycles. The summed E-state index contributed by atoms with van der Waals surface area (Å²) >= 11 is 11.8. The molecule has 7 heteroatoms. The molecule has 0 atom stereocenters. The van der Waals surface area contributed by atoms with Crippen LogP contribution in [-0.2, 0) is 17.8 Å². The fraction of sp³-hybridized carbons (Fsp3) is 0.100. The minimum absolute atomic E-state index is 0.0222. The van der Waals surface area contributed by atoms with Crippen molar-refractivity contribution in [2.75, 3.05) is 11.1 Å². The van der Waals surface area contributed by atoms with Gasteiger partial charge < -0.3 is 15.6 Å². The first-order valence-electron chi connectivity index (χ1n) is 8.14. The van der Waals surface area contributed by atoms with Gasteiger partial charge in [-0.1, -0.05) is 35.3 Å². The van der Waals surface area contributed by atoms with Crippen LogP contribution in [0.5, 0.6) is 0 Å². The molecule has 3 aromatic rings. The zero-order chi connectivity index (χ0) is 19.4. The summed E-state index contributed by atoms with van der Waals surface area (Å²) in [4.78, 5) is 12.5. The number of aromatic nitrogens is 1. The number of carbonyl (C=O) groups is 1. The number of anilines is 2. The summed E-state index contributed by atoms with van der Waals surface area (Å²) in [6.45, 7) is -0.0222. The maximum Gasteiger partial charge on any atom is 0.244 e. The Morgan fingerprint density at radius 1 is 1.07 bits per heavy atom. The van der Waals surface area contributed by atoms with E-state index >= 15 is 0 Å². The number of benzene rings is 2.